The van der Waals surface area contributed by atoms with Crippen LogP contribution in [0.25, 0.3) is 31.9 Å². The maximum atomic E-state index is 13.3. The van der Waals surface area contributed by atoms with Gasteiger partial charge in [0.2, 0.25) is 15.9 Å². The van der Waals surface area contributed by atoms with Crippen LogP contribution in [0.15, 0.2) is 71.9 Å². The van der Waals surface area contributed by atoms with Crippen molar-refractivity contribution in [1.82, 2.24) is 34.0 Å². The number of amides is 1. The van der Waals surface area contributed by atoms with Crippen molar-refractivity contribution < 1.29 is 26.4 Å². The Morgan fingerprint density at radius 2 is 1.69 bits per heavy atom. The second-order valence-electron chi connectivity index (χ2n) is 18.2. The number of anilines is 2. The van der Waals surface area contributed by atoms with Gasteiger partial charge in [-0.1, -0.05) is 36.8 Å². The lowest BCUT2D eigenvalue weighted by Crippen LogP contribution is -2.52. The van der Waals surface area contributed by atoms with E-state index in [4.69, 9.17) is 0 Å². The van der Waals surface area contributed by atoms with Crippen LogP contribution < -0.4 is 14.9 Å². The number of carbonyl (C=O) groups is 1. The van der Waals surface area contributed by atoms with E-state index in [-0.39, 0.29) is 27.8 Å². The Balaban J connectivity index is 0.777. The predicted octanol–water partition coefficient (Wildman–Crippen LogP) is 8.30. The number of alkyl halides is 3. The number of rotatable bonds is 17. The van der Waals surface area contributed by atoms with Gasteiger partial charge in [0.25, 0.3) is 0 Å². The van der Waals surface area contributed by atoms with E-state index < -0.39 is 22.6 Å². The number of aryl methyl sites for hydroxylation is 1. The highest BCUT2D eigenvalue weighted by Crippen LogP contribution is 2.34. The fourth-order valence-corrected chi connectivity index (χ4v) is 12.0. The van der Waals surface area contributed by atoms with Crippen molar-refractivity contribution in [1.29, 1.82) is 5.26 Å². The summed E-state index contributed by atoms with van der Waals surface area (Å²) in [5.41, 5.74) is 4.98. The maximum Gasteiger partial charge on any atom is 0.393 e. The van der Waals surface area contributed by atoms with E-state index in [1.807, 2.05) is 54.2 Å². The molecule has 2 N–H and O–H groups in total. The molecule has 1 amide bonds. The number of nitrogens with zero attached hydrogens (tertiary/aromatic N) is 8. The largest absolute Gasteiger partial charge is 0.393 e. The number of nitriles is 1. The van der Waals surface area contributed by atoms with Crippen LogP contribution in [-0.2, 0) is 34.3 Å². The van der Waals surface area contributed by atoms with Gasteiger partial charge < -0.3 is 19.7 Å². The predicted molar refractivity (Wildman–Crippen MR) is 260 cm³/mol. The molecule has 0 saturated carbocycles. The Labute approximate surface area is 394 Å². The summed E-state index contributed by atoms with van der Waals surface area (Å²) in [5, 5.41) is 17.0. The third-order valence-corrected chi connectivity index (χ3v) is 15.9. The van der Waals surface area contributed by atoms with Crippen LogP contribution in [0.2, 0.25) is 0 Å². The SMILES string of the molecule is Cc1c(CN2CCC(Nc3ncnc4sc(CC(F)(F)F)cc34)CC2)ccc2c1cc(C#N)n2CC(C)N1CCN(C(=O)CCCCCNS(=O)(=O)c2cccc3c(N(C)C)cccc23)CC1. The molecule has 2 fully saturated rings. The van der Waals surface area contributed by atoms with Gasteiger partial charge in [-0.25, -0.2) is 23.1 Å². The standard InChI is InChI=1S/C49H59F3N10O3S2/c1-33(60-22-24-61(25-23-60)46(63)14-6-5-7-19-56-67(64,65)45-13-9-10-39-40(45)11-8-12-43(39)58(3)4)30-62-37(29-53)26-41-34(2)35(15-16-44(41)62)31-59-20-17-36(18-21-59)57-47-42-27-38(28-49(50,51)52)66-48(42)55-32-54-47/h8-13,15-16,26-27,32-33,36,56H,5-7,14,17-25,28,30-31H2,1-4H3,(H,54,55,57). The van der Waals surface area contributed by atoms with Gasteiger partial charge in [-0.3, -0.25) is 14.6 Å². The van der Waals surface area contributed by atoms with E-state index in [0.29, 0.717) is 72.6 Å². The van der Waals surface area contributed by atoms with Gasteiger partial charge in [0.05, 0.1) is 16.7 Å². The van der Waals surface area contributed by atoms with Gasteiger partial charge >= 0.3 is 6.18 Å². The molecule has 356 valence electrons. The summed E-state index contributed by atoms with van der Waals surface area (Å²) in [6.07, 6.45) is 0.381. The van der Waals surface area contributed by atoms with E-state index in [2.05, 4.69) is 66.4 Å². The minimum Gasteiger partial charge on any atom is -0.377 e. The number of piperazine rings is 1. The Morgan fingerprint density at radius 3 is 2.42 bits per heavy atom. The van der Waals surface area contributed by atoms with E-state index >= 15 is 0 Å². The average molecular weight is 957 g/mol. The van der Waals surface area contributed by atoms with E-state index in [1.54, 1.807) is 18.2 Å². The summed E-state index contributed by atoms with van der Waals surface area (Å²) in [6.45, 7) is 10.5. The molecule has 3 aromatic carbocycles. The number of piperidine rings is 1. The number of likely N-dealkylation sites (tertiary alicyclic amines) is 1. The van der Waals surface area contributed by atoms with Gasteiger partial charge in [0.1, 0.15) is 28.7 Å². The summed E-state index contributed by atoms with van der Waals surface area (Å²) in [5.74, 6) is 0.708. The number of sulfonamides is 1. The fraction of sp³-hybridized carbons (Fsp3) is 0.469. The lowest BCUT2D eigenvalue weighted by Gasteiger charge is -2.38. The van der Waals surface area contributed by atoms with Crippen LogP contribution in [0.5, 0.6) is 0 Å². The zero-order valence-corrected chi connectivity index (χ0v) is 40.2. The van der Waals surface area contributed by atoms with Gasteiger partial charge in [-0.15, -0.1) is 11.3 Å². The second kappa shape index (κ2) is 20.5. The molecular formula is C49H59F3N10O3S2. The lowest BCUT2D eigenvalue weighted by molar-refractivity contribution is -0.133. The Kier molecular flexibility index (Phi) is 14.7. The smallest absolute Gasteiger partial charge is 0.377 e. The molecule has 1 atom stereocenters. The fourth-order valence-electron chi connectivity index (χ4n) is 9.66. The van der Waals surface area contributed by atoms with Crippen molar-refractivity contribution in [3.63, 3.8) is 0 Å². The number of hydrogen-bond acceptors (Lipinski definition) is 11. The number of fused-ring (bicyclic) bond motifs is 3. The monoisotopic (exact) mass is 956 g/mol. The zero-order chi connectivity index (χ0) is 47.5. The number of unbranched alkanes of at least 4 members (excludes halogenated alkanes) is 2. The third-order valence-electron chi connectivity index (χ3n) is 13.4. The second-order valence-corrected chi connectivity index (χ2v) is 21.0. The topological polar surface area (TPSA) is 143 Å². The molecule has 0 radical (unpaired) electrons. The van der Waals surface area contributed by atoms with Crippen molar-refractivity contribution in [2.24, 2.45) is 0 Å². The summed E-state index contributed by atoms with van der Waals surface area (Å²) in [7, 11) is 0.166. The minimum absolute atomic E-state index is 0.127. The highest BCUT2D eigenvalue weighted by Gasteiger charge is 2.30. The van der Waals surface area contributed by atoms with Crippen LogP contribution in [0, 0.1) is 18.3 Å². The first-order valence-corrected chi connectivity index (χ1v) is 25.4. The van der Waals surface area contributed by atoms with Crippen LogP contribution in [0.3, 0.4) is 0 Å². The van der Waals surface area contributed by atoms with Gasteiger partial charge in [-0.05, 0) is 81.0 Å². The van der Waals surface area contributed by atoms with Crippen molar-refractivity contribution in [3.05, 3.63) is 88.7 Å². The lowest BCUT2D eigenvalue weighted by atomic mass is 10.0. The molecule has 6 aromatic rings. The Morgan fingerprint density at radius 1 is 0.940 bits per heavy atom. The number of halogens is 3. The molecule has 13 nitrogen and oxygen atoms in total. The number of aromatic nitrogens is 3. The van der Waals surface area contributed by atoms with Gasteiger partial charge in [0, 0.05) is 124 Å². The number of carbonyl (C=O) groups excluding carboxylic acids is 1. The van der Waals surface area contributed by atoms with Crippen molar-refractivity contribution >= 4 is 70.7 Å². The maximum absolute atomic E-state index is 13.3. The van der Waals surface area contributed by atoms with E-state index in [9.17, 15) is 31.6 Å². The van der Waals surface area contributed by atoms with E-state index in [1.165, 1.54) is 11.9 Å². The normalized spacial score (nSPS) is 16.2. The average Bonchev–Trinajstić information content (AvgIpc) is 3.88. The van der Waals surface area contributed by atoms with Crippen LogP contribution in [-0.4, -0.2) is 122 Å². The molecule has 3 aromatic heterocycles. The zero-order valence-electron chi connectivity index (χ0n) is 38.6. The minimum atomic E-state index is -4.28. The number of thiophene rings is 1. The van der Waals surface area contributed by atoms with Crippen molar-refractivity contribution in [3.8, 4) is 6.07 Å². The first-order valence-electron chi connectivity index (χ1n) is 23.1. The number of nitrogens with one attached hydrogen (secondary N) is 2. The molecule has 0 aliphatic carbocycles. The molecule has 67 heavy (non-hydrogen) atoms. The Hall–Kier alpha value is -5.32. The molecular weight excluding hydrogens is 898 g/mol. The van der Waals surface area contributed by atoms with Gasteiger partial charge in [-0.2, -0.15) is 18.4 Å². The highest BCUT2D eigenvalue weighted by molar-refractivity contribution is 7.89. The molecule has 5 heterocycles. The first kappa shape index (κ1) is 48.1. The van der Waals surface area contributed by atoms with Crippen LogP contribution >= 0.6 is 11.3 Å². The molecule has 0 spiro atoms. The number of hydrogen-bond donors (Lipinski definition) is 2. The third kappa shape index (κ3) is 11.2. The molecule has 2 aliphatic heterocycles. The van der Waals surface area contributed by atoms with Crippen LogP contribution in [0.1, 0.15) is 67.1 Å². The summed E-state index contributed by atoms with van der Waals surface area (Å²) in [4.78, 5) is 31.5. The molecule has 8 rings (SSSR count). The quantitative estimate of drug-likeness (QED) is 0.0858. The molecule has 18 heteroatoms. The highest BCUT2D eigenvalue weighted by atomic mass is 32.2. The molecule has 1 unspecified atom stereocenters. The number of benzene rings is 3. The van der Waals surface area contributed by atoms with Gasteiger partial charge in [0.15, 0.2) is 0 Å². The molecule has 2 saturated heterocycles. The summed E-state index contributed by atoms with van der Waals surface area (Å²) in [6, 6.07) is 21.6. The molecule has 2 aliphatic rings. The van der Waals surface area contributed by atoms with Crippen molar-refractivity contribution in [2.75, 3.05) is 70.1 Å². The first-order chi connectivity index (χ1) is 32.1. The van der Waals surface area contributed by atoms with Crippen molar-refractivity contribution in [2.45, 2.75) is 95.0 Å². The Bertz CT molecular complexity index is 2880. The van der Waals surface area contributed by atoms with E-state index in [0.717, 1.165) is 90.9 Å². The molecule has 0 bridgehead atoms. The summed E-state index contributed by atoms with van der Waals surface area (Å²) >= 11 is 1.06. The summed E-state index contributed by atoms with van der Waals surface area (Å²) < 4.78 is 70.6. The van der Waals surface area contributed by atoms with Crippen LogP contribution in [0.4, 0.5) is 24.7 Å².